The van der Waals surface area contributed by atoms with E-state index in [1.807, 2.05) is 0 Å². The standard InChI is InChI=1S/C9H16O2/c1-5-6-8(10)9(4,11)7(2)3/h5-6,8,10-11H,2H2,1,3-4H3/b6-5+. The Labute approximate surface area is 67.9 Å². The topological polar surface area (TPSA) is 40.5 Å². The smallest absolute Gasteiger partial charge is 0.112 e. The van der Waals surface area contributed by atoms with Crippen LogP contribution >= 0.6 is 0 Å². The van der Waals surface area contributed by atoms with Gasteiger partial charge in [0.15, 0.2) is 0 Å². The lowest BCUT2D eigenvalue weighted by atomic mass is 9.92. The van der Waals surface area contributed by atoms with Gasteiger partial charge >= 0.3 is 0 Å². The molecule has 0 aromatic rings. The number of rotatable bonds is 3. The minimum Gasteiger partial charge on any atom is -0.386 e. The highest BCUT2D eigenvalue weighted by Gasteiger charge is 2.28. The maximum atomic E-state index is 9.59. The molecule has 0 bridgehead atoms. The van der Waals surface area contributed by atoms with Crippen LogP contribution in [-0.4, -0.2) is 21.9 Å². The van der Waals surface area contributed by atoms with Crippen molar-refractivity contribution in [1.29, 1.82) is 0 Å². The quantitative estimate of drug-likeness (QED) is 0.604. The monoisotopic (exact) mass is 156 g/mol. The van der Waals surface area contributed by atoms with E-state index in [0.29, 0.717) is 5.57 Å². The summed E-state index contributed by atoms with van der Waals surface area (Å²) in [7, 11) is 0. The zero-order valence-electron chi connectivity index (χ0n) is 7.33. The van der Waals surface area contributed by atoms with Crippen molar-refractivity contribution >= 4 is 0 Å². The molecule has 0 heterocycles. The van der Waals surface area contributed by atoms with Gasteiger partial charge in [-0.3, -0.25) is 0 Å². The van der Waals surface area contributed by atoms with Gasteiger partial charge in [0.05, 0.1) is 0 Å². The first kappa shape index (κ1) is 10.4. The van der Waals surface area contributed by atoms with Crippen LogP contribution in [-0.2, 0) is 0 Å². The van der Waals surface area contributed by atoms with Crippen molar-refractivity contribution < 1.29 is 10.2 Å². The summed E-state index contributed by atoms with van der Waals surface area (Å²) in [5, 5.41) is 18.9. The van der Waals surface area contributed by atoms with Crippen LogP contribution in [0, 0.1) is 0 Å². The lowest BCUT2D eigenvalue weighted by molar-refractivity contribution is -0.00812. The van der Waals surface area contributed by atoms with Crippen LogP contribution in [0.4, 0.5) is 0 Å². The molecule has 2 heteroatoms. The molecule has 0 aliphatic rings. The summed E-state index contributed by atoms with van der Waals surface area (Å²) in [4.78, 5) is 0. The zero-order chi connectivity index (χ0) is 9.07. The summed E-state index contributed by atoms with van der Waals surface area (Å²) >= 11 is 0. The fourth-order valence-electron chi connectivity index (χ4n) is 0.622. The average Bonchev–Trinajstić information content (AvgIpc) is 1.88. The Morgan fingerprint density at radius 3 is 2.36 bits per heavy atom. The van der Waals surface area contributed by atoms with Crippen molar-refractivity contribution in [2.45, 2.75) is 32.5 Å². The molecule has 0 aliphatic heterocycles. The van der Waals surface area contributed by atoms with E-state index in [-0.39, 0.29) is 0 Å². The van der Waals surface area contributed by atoms with Gasteiger partial charge in [-0.05, 0) is 26.3 Å². The van der Waals surface area contributed by atoms with Gasteiger partial charge in [0.25, 0.3) is 0 Å². The molecule has 2 unspecified atom stereocenters. The van der Waals surface area contributed by atoms with Gasteiger partial charge in [0, 0.05) is 0 Å². The van der Waals surface area contributed by atoms with Gasteiger partial charge in [0.2, 0.25) is 0 Å². The van der Waals surface area contributed by atoms with Crippen LogP contribution in [0.1, 0.15) is 20.8 Å². The maximum Gasteiger partial charge on any atom is 0.112 e. The number of allylic oxidation sites excluding steroid dienone is 1. The van der Waals surface area contributed by atoms with Gasteiger partial charge in [0.1, 0.15) is 11.7 Å². The molecule has 0 aromatic heterocycles. The molecule has 11 heavy (non-hydrogen) atoms. The van der Waals surface area contributed by atoms with Gasteiger partial charge < -0.3 is 10.2 Å². The largest absolute Gasteiger partial charge is 0.386 e. The lowest BCUT2D eigenvalue weighted by Gasteiger charge is -2.27. The van der Waals surface area contributed by atoms with Crippen LogP contribution in [0.5, 0.6) is 0 Å². The SMILES string of the molecule is C=C(C)C(C)(O)C(O)/C=C/C. The third kappa shape index (κ3) is 2.48. The molecular formula is C9H16O2. The van der Waals surface area contributed by atoms with Crippen LogP contribution in [0.15, 0.2) is 24.3 Å². The Morgan fingerprint density at radius 1 is 1.64 bits per heavy atom. The summed E-state index contributed by atoms with van der Waals surface area (Å²) in [6.07, 6.45) is 2.36. The summed E-state index contributed by atoms with van der Waals surface area (Å²) in [6.45, 7) is 8.60. The van der Waals surface area contributed by atoms with Gasteiger partial charge in [-0.1, -0.05) is 18.7 Å². The first-order valence-electron chi connectivity index (χ1n) is 3.62. The zero-order valence-corrected chi connectivity index (χ0v) is 7.33. The van der Waals surface area contributed by atoms with Crippen molar-refractivity contribution in [3.8, 4) is 0 Å². The van der Waals surface area contributed by atoms with E-state index in [2.05, 4.69) is 6.58 Å². The number of aliphatic hydroxyl groups is 2. The van der Waals surface area contributed by atoms with Gasteiger partial charge in [-0.25, -0.2) is 0 Å². The van der Waals surface area contributed by atoms with E-state index in [4.69, 9.17) is 0 Å². The maximum absolute atomic E-state index is 9.59. The van der Waals surface area contributed by atoms with Crippen molar-refractivity contribution in [2.24, 2.45) is 0 Å². The normalized spacial score (nSPS) is 19.7. The van der Waals surface area contributed by atoms with E-state index < -0.39 is 11.7 Å². The van der Waals surface area contributed by atoms with E-state index in [0.717, 1.165) is 0 Å². The van der Waals surface area contributed by atoms with Crippen LogP contribution in [0.3, 0.4) is 0 Å². The molecule has 0 spiro atoms. The molecule has 0 rings (SSSR count). The highest BCUT2D eigenvalue weighted by Crippen LogP contribution is 2.19. The second-order valence-electron chi connectivity index (χ2n) is 2.90. The van der Waals surface area contributed by atoms with Crippen LogP contribution in [0.25, 0.3) is 0 Å². The molecule has 0 saturated heterocycles. The molecule has 2 N–H and O–H groups in total. The molecule has 0 amide bonds. The average molecular weight is 156 g/mol. The predicted molar refractivity (Wildman–Crippen MR) is 46.3 cm³/mol. The molecule has 0 saturated carbocycles. The summed E-state index contributed by atoms with van der Waals surface area (Å²) in [5.74, 6) is 0. The van der Waals surface area contributed by atoms with E-state index >= 15 is 0 Å². The molecule has 64 valence electrons. The third-order valence-electron chi connectivity index (χ3n) is 1.81. The summed E-state index contributed by atoms with van der Waals surface area (Å²) in [5.41, 5.74) is -0.657. The molecule has 0 fully saturated rings. The molecular weight excluding hydrogens is 140 g/mol. The highest BCUT2D eigenvalue weighted by molar-refractivity contribution is 5.14. The minimum absolute atomic E-state index is 0.558. The fraction of sp³-hybridized carbons (Fsp3) is 0.556. The molecule has 2 nitrogen and oxygen atoms in total. The van der Waals surface area contributed by atoms with Crippen molar-refractivity contribution in [2.75, 3.05) is 0 Å². The van der Waals surface area contributed by atoms with Crippen molar-refractivity contribution in [3.63, 3.8) is 0 Å². The molecule has 2 atom stereocenters. The fourth-order valence-corrected chi connectivity index (χ4v) is 0.622. The summed E-state index contributed by atoms with van der Waals surface area (Å²) < 4.78 is 0. The second-order valence-corrected chi connectivity index (χ2v) is 2.90. The number of hydrogen-bond acceptors (Lipinski definition) is 2. The van der Waals surface area contributed by atoms with Crippen molar-refractivity contribution in [3.05, 3.63) is 24.3 Å². The Balaban J connectivity index is 4.41. The second kappa shape index (κ2) is 3.69. The molecule has 0 aromatic carbocycles. The lowest BCUT2D eigenvalue weighted by Crippen LogP contribution is -2.38. The predicted octanol–water partition coefficient (Wildman–Crippen LogP) is 1.25. The highest BCUT2D eigenvalue weighted by atomic mass is 16.3. The first-order chi connectivity index (χ1) is 4.92. The third-order valence-corrected chi connectivity index (χ3v) is 1.81. The minimum atomic E-state index is -1.22. The molecule has 0 radical (unpaired) electrons. The van der Waals surface area contributed by atoms with Crippen molar-refractivity contribution in [1.82, 2.24) is 0 Å². The van der Waals surface area contributed by atoms with E-state index in [1.54, 1.807) is 26.8 Å². The Kier molecular flexibility index (Phi) is 3.49. The molecule has 0 aliphatic carbocycles. The number of aliphatic hydroxyl groups excluding tert-OH is 1. The van der Waals surface area contributed by atoms with E-state index in [9.17, 15) is 10.2 Å². The first-order valence-corrected chi connectivity index (χ1v) is 3.62. The van der Waals surface area contributed by atoms with Gasteiger partial charge in [-0.2, -0.15) is 0 Å². The van der Waals surface area contributed by atoms with Crippen LogP contribution < -0.4 is 0 Å². The van der Waals surface area contributed by atoms with Crippen LogP contribution in [0.2, 0.25) is 0 Å². The number of hydrogen-bond donors (Lipinski definition) is 2. The van der Waals surface area contributed by atoms with Gasteiger partial charge in [-0.15, -0.1) is 0 Å². The Morgan fingerprint density at radius 2 is 2.09 bits per heavy atom. The Bertz CT molecular complexity index is 168. The Hall–Kier alpha value is -0.600. The summed E-state index contributed by atoms with van der Waals surface area (Å²) in [6, 6.07) is 0. The van der Waals surface area contributed by atoms with E-state index in [1.165, 1.54) is 6.08 Å².